The Balaban J connectivity index is 1.71. The van der Waals surface area contributed by atoms with Crippen molar-refractivity contribution in [3.8, 4) is 11.5 Å². The van der Waals surface area contributed by atoms with Crippen LogP contribution in [0.3, 0.4) is 0 Å². The molecule has 2 aliphatic rings. The molecule has 1 aromatic carbocycles. The molecule has 1 aromatic rings. The van der Waals surface area contributed by atoms with E-state index in [0.29, 0.717) is 38.2 Å². The summed E-state index contributed by atoms with van der Waals surface area (Å²) in [5, 5.41) is 19.3. The molecule has 2 aliphatic heterocycles. The smallest absolute Gasteiger partial charge is 0.410 e. The lowest BCUT2D eigenvalue weighted by atomic mass is 9.71. The van der Waals surface area contributed by atoms with Crippen molar-refractivity contribution in [1.29, 1.82) is 0 Å². The third kappa shape index (κ3) is 3.96. The van der Waals surface area contributed by atoms with Gasteiger partial charge in [-0.05, 0) is 58.6 Å². The summed E-state index contributed by atoms with van der Waals surface area (Å²) >= 11 is 0. The van der Waals surface area contributed by atoms with Gasteiger partial charge in [-0.25, -0.2) is 4.79 Å². The van der Waals surface area contributed by atoms with Crippen LogP contribution in [0, 0.1) is 5.41 Å². The van der Waals surface area contributed by atoms with Crippen LogP contribution < -0.4 is 4.90 Å². The summed E-state index contributed by atoms with van der Waals surface area (Å²) in [5.74, 6) is -0.411. The molecular weight excluding hydrogens is 348 g/mol. The van der Waals surface area contributed by atoms with E-state index < -0.39 is 11.0 Å². The number of carbonyl (C=O) groups is 2. The lowest BCUT2D eigenvalue weighted by Crippen LogP contribution is -2.55. The number of likely N-dealkylation sites (tertiary alicyclic amines) is 1. The number of phenols is 2. The number of aromatic hydroxyl groups is 2. The molecule has 0 radical (unpaired) electrons. The summed E-state index contributed by atoms with van der Waals surface area (Å²) in [5.41, 5.74) is -0.432. The first-order chi connectivity index (χ1) is 12.6. The zero-order valence-corrected chi connectivity index (χ0v) is 16.2. The Bertz CT molecular complexity index is 732. The second-order valence-electron chi connectivity index (χ2n) is 8.48. The molecule has 0 aliphatic carbocycles. The molecule has 2 fully saturated rings. The number of nitrogens with zero attached hydrogens (tertiary/aromatic N) is 2. The Morgan fingerprint density at radius 1 is 1.07 bits per heavy atom. The topological polar surface area (TPSA) is 90.3 Å². The number of amides is 2. The van der Waals surface area contributed by atoms with Gasteiger partial charge in [0.05, 0.1) is 5.41 Å². The molecule has 0 unspecified atom stereocenters. The van der Waals surface area contributed by atoms with Crippen LogP contribution in [0.25, 0.3) is 0 Å². The molecule has 1 spiro atoms. The van der Waals surface area contributed by atoms with Crippen LogP contribution in [0.4, 0.5) is 10.5 Å². The van der Waals surface area contributed by atoms with E-state index in [0.717, 1.165) is 12.8 Å². The van der Waals surface area contributed by atoms with E-state index >= 15 is 0 Å². The summed E-state index contributed by atoms with van der Waals surface area (Å²) in [6.07, 6.45) is 2.53. The lowest BCUT2D eigenvalue weighted by molar-refractivity contribution is -0.133. The Labute approximate surface area is 159 Å². The van der Waals surface area contributed by atoms with Gasteiger partial charge in [-0.15, -0.1) is 0 Å². The fourth-order valence-electron chi connectivity index (χ4n) is 3.90. The van der Waals surface area contributed by atoms with E-state index in [-0.39, 0.29) is 23.5 Å². The average molecular weight is 376 g/mol. The van der Waals surface area contributed by atoms with Gasteiger partial charge in [0, 0.05) is 31.4 Å². The molecule has 0 aromatic heterocycles. The van der Waals surface area contributed by atoms with Crippen molar-refractivity contribution in [2.24, 2.45) is 5.41 Å². The van der Waals surface area contributed by atoms with Crippen molar-refractivity contribution < 1.29 is 24.5 Å². The van der Waals surface area contributed by atoms with Gasteiger partial charge >= 0.3 is 6.09 Å². The molecule has 0 bridgehead atoms. The van der Waals surface area contributed by atoms with E-state index in [9.17, 15) is 19.8 Å². The summed E-state index contributed by atoms with van der Waals surface area (Å²) < 4.78 is 5.43. The third-order valence-electron chi connectivity index (χ3n) is 5.38. The number of hydrogen-bond acceptors (Lipinski definition) is 5. The number of phenolic OH excluding ortho intramolecular Hbond substituents is 2. The van der Waals surface area contributed by atoms with Gasteiger partial charge < -0.3 is 24.7 Å². The molecule has 148 valence electrons. The van der Waals surface area contributed by atoms with Gasteiger partial charge in [-0.3, -0.25) is 4.79 Å². The van der Waals surface area contributed by atoms with Crippen molar-refractivity contribution in [3.63, 3.8) is 0 Å². The minimum atomic E-state index is -0.537. The summed E-state index contributed by atoms with van der Waals surface area (Å²) in [4.78, 5) is 28.9. The molecule has 3 rings (SSSR count). The quantitative estimate of drug-likeness (QED) is 0.735. The van der Waals surface area contributed by atoms with Crippen molar-refractivity contribution in [1.82, 2.24) is 4.90 Å². The van der Waals surface area contributed by atoms with E-state index in [4.69, 9.17) is 4.74 Å². The largest absolute Gasteiger partial charge is 0.504 e. The zero-order chi connectivity index (χ0) is 19.8. The first-order valence-electron chi connectivity index (χ1n) is 9.43. The van der Waals surface area contributed by atoms with Crippen LogP contribution in [-0.4, -0.2) is 52.3 Å². The number of carbonyl (C=O) groups excluding carboxylic acids is 2. The van der Waals surface area contributed by atoms with Crippen LogP contribution in [0.5, 0.6) is 11.5 Å². The minimum Gasteiger partial charge on any atom is -0.504 e. The number of benzene rings is 1. The van der Waals surface area contributed by atoms with E-state index in [1.54, 1.807) is 15.9 Å². The summed E-state index contributed by atoms with van der Waals surface area (Å²) in [6, 6.07) is 4.45. The van der Waals surface area contributed by atoms with Crippen molar-refractivity contribution in [3.05, 3.63) is 18.2 Å². The van der Waals surface area contributed by atoms with E-state index in [1.165, 1.54) is 12.1 Å². The van der Waals surface area contributed by atoms with Gasteiger partial charge in [-0.2, -0.15) is 0 Å². The molecule has 2 heterocycles. The Morgan fingerprint density at radius 2 is 1.74 bits per heavy atom. The van der Waals surface area contributed by atoms with Crippen molar-refractivity contribution >= 4 is 17.7 Å². The minimum absolute atomic E-state index is 0.0303. The Morgan fingerprint density at radius 3 is 2.33 bits per heavy atom. The van der Waals surface area contributed by atoms with Crippen LogP contribution in [0.2, 0.25) is 0 Å². The molecule has 0 atom stereocenters. The van der Waals surface area contributed by atoms with Crippen molar-refractivity contribution in [2.45, 2.75) is 52.1 Å². The van der Waals surface area contributed by atoms with Gasteiger partial charge in [0.1, 0.15) is 5.60 Å². The monoisotopic (exact) mass is 376 g/mol. The normalized spacial score (nSPS) is 20.0. The first kappa shape index (κ1) is 19.3. The standard InChI is InChI=1S/C20H28N2O5/c1-19(2,3)27-18(26)21-11-8-20(9-12-21)7-4-10-22(17(20)25)14-5-6-15(23)16(24)13-14/h5-6,13,23-24H,4,7-12H2,1-3H3. The second kappa shape index (κ2) is 6.94. The molecule has 27 heavy (non-hydrogen) atoms. The summed E-state index contributed by atoms with van der Waals surface area (Å²) in [6.45, 7) is 7.09. The highest BCUT2D eigenvalue weighted by Gasteiger charge is 2.47. The Kier molecular flexibility index (Phi) is 4.97. The zero-order valence-electron chi connectivity index (χ0n) is 16.2. The number of piperidine rings is 2. The first-order valence-corrected chi connectivity index (χ1v) is 9.43. The predicted molar refractivity (Wildman–Crippen MR) is 101 cm³/mol. The van der Waals surface area contributed by atoms with E-state index in [1.807, 2.05) is 20.8 Å². The fourth-order valence-corrected chi connectivity index (χ4v) is 3.90. The molecule has 2 saturated heterocycles. The highest BCUT2D eigenvalue weighted by molar-refractivity contribution is 5.98. The van der Waals surface area contributed by atoms with Crippen LogP contribution >= 0.6 is 0 Å². The molecule has 7 nitrogen and oxygen atoms in total. The molecule has 2 amide bonds. The van der Waals surface area contributed by atoms with Crippen LogP contribution in [-0.2, 0) is 9.53 Å². The molecular formula is C20H28N2O5. The van der Waals surface area contributed by atoms with Crippen LogP contribution in [0.1, 0.15) is 46.5 Å². The fraction of sp³-hybridized carbons (Fsp3) is 0.600. The lowest BCUT2D eigenvalue weighted by Gasteiger charge is -2.46. The number of anilines is 1. The highest BCUT2D eigenvalue weighted by atomic mass is 16.6. The Hall–Kier alpha value is -2.44. The highest BCUT2D eigenvalue weighted by Crippen LogP contribution is 2.43. The number of ether oxygens (including phenoxy) is 1. The van der Waals surface area contributed by atoms with Gasteiger partial charge in [0.2, 0.25) is 5.91 Å². The second-order valence-corrected chi connectivity index (χ2v) is 8.48. The van der Waals surface area contributed by atoms with Gasteiger partial charge in [0.25, 0.3) is 0 Å². The number of hydrogen-bond donors (Lipinski definition) is 2. The summed E-state index contributed by atoms with van der Waals surface area (Å²) in [7, 11) is 0. The third-order valence-corrected chi connectivity index (χ3v) is 5.38. The molecule has 7 heteroatoms. The molecule has 2 N–H and O–H groups in total. The maximum absolute atomic E-state index is 13.3. The SMILES string of the molecule is CC(C)(C)OC(=O)N1CCC2(CCCN(c3ccc(O)c(O)c3)C2=O)CC1. The van der Waals surface area contributed by atoms with Gasteiger partial charge in [0.15, 0.2) is 11.5 Å². The molecule has 0 saturated carbocycles. The van der Waals surface area contributed by atoms with Gasteiger partial charge in [-0.1, -0.05) is 0 Å². The van der Waals surface area contributed by atoms with Crippen LogP contribution in [0.15, 0.2) is 18.2 Å². The predicted octanol–water partition coefficient (Wildman–Crippen LogP) is 3.24. The maximum atomic E-state index is 13.3. The van der Waals surface area contributed by atoms with E-state index in [2.05, 4.69) is 0 Å². The average Bonchev–Trinajstić information content (AvgIpc) is 2.59. The number of rotatable bonds is 1. The van der Waals surface area contributed by atoms with Crippen molar-refractivity contribution in [2.75, 3.05) is 24.5 Å². The maximum Gasteiger partial charge on any atom is 0.410 e.